The van der Waals surface area contributed by atoms with E-state index in [1.807, 2.05) is 30.5 Å². The summed E-state index contributed by atoms with van der Waals surface area (Å²) in [5.41, 5.74) is 10.6. The van der Waals surface area contributed by atoms with E-state index in [4.69, 9.17) is 17.3 Å². The van der Waals surface area contributed by atoms with Crippen molar-refractivity contribution in [1.29, 1.82) is 0 Å². The number of nitrogens with two attached hydrogens (primary N) is 1. The predicted molar refractivity (Wildman–Crippen MR) is 85.5 cm³/mol. The average Bonchev–Trinajstić information content (AvgIpc) is 2.70. The number of pyridine rings is 1. The largest absolute Gasteiger partial charge is 0.369 e. The highest BCUT2D eigenvalue weighted by atomic mass is 79.9. The second kappa shape index (κ2) is 4.75. The van der Waals surface area contributed by atoms with Crippen molar-refractivity contribution in [2.24, 2.45) is 0 Å². The molecule has 4 nitrogen and oxygen atoms in total. The van der Waals surface area contributed by atoms with Crippen molar-refractivity contribution < 1.29 is 0 Å². The van der Waals surface area contributed by atoms with E-state index in [0.717, 1.165) is 21.3 Å². The van der Waals surface area contributed by atoms with E-state index < -0.39 is 0 Å². The molecule has 0 amide bonds. The van der Waals surface area contributed by atoms with Crippen LogP contribution in [0.4, 0.5) is 5.95 Å². The third kappa shape index (κ3) is 2.07. The third-order valence-corrected chi connectivity index (χ3v) is 4.63. The zero-order valence-corrected chi connectivity index (χ0v) is 13.3. The summed E-state index contributed by atoms with van der Waals surface area (Å²) in [6, 6.07) is 5.85. The number of nitrogen functional groups attached to an aromatic ring is 1. The monoisotopic (exact) mass is 350 g/mol. The first kappa shape index (κ1) is 13.4. The number of imidazole rings is 1. The lowest BCUT2D eigenvalue weighted by atomic mass is 10.1. The molecule has 3 aromatic rings. The summed E-state index contributed by atoms with van der Waals surface area (Å²) in [6.45, 7) is 4.08. The minimum absolute atomic E-state index is 0.399. The highest BCUT2D eigenvalue weighted by molar-refractivity contribution is 9.10. The van der Waals surface area contributed by atoms with Gasteiger partial charge in [0.2, 0.25) is 5.95 Å². The molecule has 6 heteroatoms. The Morgan fingerprint density at radius 3 is 2.50 bits per heavy atom. The quantitative estimate of drug-likeness (QED) is 0.720. The number of hydrogen-bond donors (Lipinski definition) is 1. The van der Waals surface area contributed by atoms with E-state index in [0.29, 0.717) is 22.1 Å². The van der Waals surface area contributed by atoms with Crippen molar-refractivity contribution in [3.8, 4) is 5.69 Å². The molecule has 2 N–H and O–H groups in total. The van der Waals surface area contributed by atoms with Crippen molar-refractivity contribution in [3.05, 3.63) is 45.0 Å². The number of aromatic nitrogens is 3. The first-order valence-corrected chi connectivity index (χ1v) is 7.21. The van der Waals surface area contributed by atoms with Gasteiger partial charge in [-0.1, -0.05) is 27.5 Å². The SMILES string of the molecule is Cc1cc(-n2c(N)nc3cc(Cl)cnc32)cc(C)c1Br. The zero-order chi connectivity index (χ0) is 14.4. The Balaban J connectivity index is 2.32. The van der Waals surface area contributed by atoms with Crippen LogP contribution in [0.1, 0.15) is 11.1 Å². The lowest BCUT2D eigenvalue weighted by molar-refractivity contribution is 1.07. The van der Waals surface area contributed by atoms with E-state index in [9.17, 15) is 0 Å². The number of aryl methyl sites for hydroxylation is 2. The number of fused-ring (bicyclic) bond motifs is 1. The molecule has 3 rings (SSSR count). The van der Waals surface area contributed by atoms with Gasteiger partial charge in [-0.15, -0.1) is 0 Å². The summed E-state index contributed by atoms with van der Waals surface area (Å²) in [4.78, 5) is 8.65. The molecular weight excluding hydrogens is 340 g/mol. The molecule has 0 bridgehead atoms. The lowest BCUT2D eigenvalue weighted by Gasteiger charge is -2.10. The van der Waals surface area contributed by atoms with E-state index in [1.165, 1.54) is 0 Å². The molecule has 20 heavy (non-hydrogen) atoms. The Hall–Kier alpha value is -1.59. The van der Waals surface area contributed by atoms with Crippen molar-refractivity contribution >= 4 is 44.6 Å². The van der Waals surface area contributed by atoms with Gasteiger partial charge in [-0.05, 0) is 43.2 Å². The Morgan fingerprint density at radius 2 is 1.85 bits per heavy atom. The summed E-state index contributed by atoms with van der Waals surface area (Å²) in [5, 5.41) is 0.547. The first-order chi connectivity index (χ1) is 9.47. The predicted octanol–water partition coefficient (Wildman–Crippen LogP) is 4.04. The van der Waals surface area contributed by atoms with Crippen LogP contribution < -0.4 is 5.73 Å². The van der Waals surface area contributed by atoms with Crippen LogP contribution in [0.15, 0.2) is 28.9 Å². The fourth-order valence-electron chi connectivity index (χ4n) is 2.26. The zero-order valence-electron chi connectivity index (χ0n) is 11.0. The van der Waals surface area contributed by atoms with E-state index in [-0.39, 0.29) is 0 Å². The molecule has 0 aliphatic heterocycles. The summed E-state index contributed by atoms with van der Waals surface area (Å²) in [6.07, 6.45) is 1.60. The Morgan fingerprint density at radius 1 is 1.20 bits per heavy atom. The molecule has 0 unspecified atom stereocenters. The van der Waals surface area contributed by atoms with Crippen LogP contribution in [0.2, 0.25) is 5.02 Å². The first-order valence-electron chi connectivity index (χ1n) is 6.04. The van der Waals surface area contributed by atoms with Crippen LogP contribution in [0, 0.1) is 13.8 Å². The molecule has 0 aliphatic carbocycles. The van der Waals surface area contributed by atoms with Crippen molar-refractivity contribution in [2.75, 3.05) is 5.73 Å². The molecule has 0 saturated heterocycles. The van der Waals surface area contributed by atoms with Crippen molar-refractivity contribution in [1.82, 2.24) is 14.5 Å². The van der Waals surface area contributed by atoms with Crippen molar-refractivity contribution in [2.45, 2.75) is 13.8 Å². The van der Waals surface area contributed by atoms with Gasteiger partial charge in [-0.25, -0.2) is 9.97 Å². The number of nitrogens with zero attached hydrogens (tertiary/aromatic N) is 3. The molecular formula is C14H12BrClN4. The van der Waals surface area contributed by atoms with Crippen LogP contribution in [-0.4, -0.2) is 14.5 Å². The van der Waals surface area contributed by atoms with E-state index >= 15 is 0 Å². The highest BCUT2D eigenvalue weighted by Crippen LogP contribution is 2.28. The van der Waals surface area contributed by atoms with Gasteiger partial charge in [0, 0.05) is 10.7 Å². The maximum atomic E-state index is 6.03. The Bertz CT molecular complexity index is 802. The fourth-order valence-corrected chi connectivity index (χ4v) is 2.65. The van der Waals surface area contributed by atoms with Gasteiger partial charge in [0.1, 0.15) is 5.52 Å². The van der Waals surface area contributed by atoms with Gasteiger partial charge < -0.3 is 5.73 Å². The second-order valence-corrected chi connectivity index (χ2v) is 5.92. The Labute approximate surface area is 129 Å². The number of rotatable bonds is 1. The van der Waals surface area contributed by atoms with Gasteiger partial charge in [0.05, 0.1) is 10.7 Å². The standard InChI is InChI=1S/C14H12BrClN4/c1-7-3-10(4-8(2)12(7)15)20-13-11(19-14(20)17)5-9(16)6-18-13/h3-6H,1-2H3,(H2,17,19). The van der Waals surface area contributed by atoms with Crippen LogP contribution in [0.5, 0.6) is 0 Å². The Kier molecular flexibility index (Phi) is 3.18. The second-order valence-electron chi connectivity index (χ2n) is 4.70. The van der Waals surface area contributed by atoms with Crippen LogP contribution in [0.3, 0.4) is 0 Å². The molecule has 0 spiro atoms. The molecule has 2 aromatic heterocycles. The third-order valence-electron chi connectivity index (χ3n) is 3.17. The topological polar surface area (TPSA) is 56.7 Å². The lowest BCUT2D eigenvalue weighted by Crippen LogP contribution is -2.02. The number of anilines is 1. The fraction of sp³-hybridized carbons (Fsp3) is 0.143. The molecule has 1 aromatic carbocycles. The summed E-state index contributed by atoms with van der Waals surface area (Å²) in [7, 11) is 0. The smallest absolute Gasteiger partial charge is 0.207 e. The number of benzene rings is 1. The minimum atomic E-state index is 0.399. The number of halogens is 2. The maximum absolute atomic E-state index is 6.03. The van der Waals surface area contributed by atoms with Gasteiger partial charge in [-0.2, -0.15) is 0 Å². The summed E-state index contributed by atoms with van der Waals surface area (Å²) in [5.74, 6) is 0.399. The molecule has 0 saturated carbocycles. The molecule has 0 radical (unpaired) electrons. The van der Waals surface area contributed by atoms with E-state index in [2.05, 4.69) is 25.9 Å². The molecule has 0 fully saturated rings. The molecule has 0 aliphatic rings. The van der Waals surface area contributed by atoms with E-state index in [1.54, 1.807) is 12.3 Å². The normalized spacial score (nSPS) is 11.2. The summed E-state index contributed by atoms with van der Waals surface area (Å²) < 4.78 is 2.93. The molecule has 0 atom stereocenters. The summed E-state index contributed by atoms with van der Waals surface area (Å²) >= 11 is 9.50. The van der Waals surface area contributed by atoms with Crippen LogP contribution in [-0.2, 0) is 0 Å². The van der Waals surface area contributed by atoms with Crippen molar-refractivity contribution in [3.63, 3.8) is 0 Å². The molecule has 102 valence electrons. The van der Waals surface area contributed by atoms with Gasteiger partial charge >= 0.3 is 0 Å². The average molecular weight is 352 g/mol. The van der Waals surface area contributed by atoms with Crippen LogP contribution in [0.25, 0.3) is 16.9 Å². The van der Waals surface area contributed by atoms with Crippen LogP contribution >= 0.6 is 27.5 Å². The molecule has 2 heterocycles. The minimum Gasteiger partial charge on any atom is -0.369 e. The number of hydrogen-bond acceptors (Lipinski definition) is 3. The van der Waals surface area contributed by atoms with Gasteiger partial charge in [0.15, 0.2) is 5.65 Å². The maximum Gasteiger partial charge on any atom is 0.207 e. The van der Waals surface area contributed by atoms with Gasteiger partial charge in [0.25, 0.3) is 0 Å². The highest BCUT2D eigenvalue weighted by Gasteiger charge is 2.13. The van der Waals surface area contributed by atoms with Gasteiger partial charge in [-0.3, -0.25) is 4.57 Å².